The zero-order chi connectivity index (χ0) is 26.5. The Bertz CT molecular complexity index is 1380. The third kappa shape index (κ3) is 5.81. The first-order valence-electron chi connectivity index (χ1n) is 12.0. The maximum Gasteiger partial charge on any atom is 0.509 e. The first kappa shape index (κ1) is 25.0. The van der Waals surface area contributed by atoms with E-state index >= 15 is 0 Å². The molecular formula is C28H25N3O7. The minimum absolute atomic E-state index is 0.113. The van der Waals surface area contributed by atoms with Gasteiger partial charge in [-0.15, -0.1) is 0 Å². The van der Waals surface area contributed by atoms with Crippen LogP contribution in [0.1, 0.15) is 18.4 Å². The number of carbonyl (C=O) groups is 2. The smallest absolute Gasteiger partial charge is 0.450 e. The Hall–Kier alpha value is -4.70. The van der Waals surface area contributed by atoms with Crippen molar-refractivity contribution in [1.29, 1.82) is 0 Å². The molecule has 1 aliphatic rings. The third-order valence-electron chi connectivity index (χ3n) is 6.45. The summed E-state index contributed by atoms with van der Waals surface area (Å²) in [6.07, 6.45) is -2.91. The molecule has 0 amide bonds. The number of piperidine rings is 1. The summed E-state index contributed by atoms with van der Waals surface area (Å²) < 4.78 is 15.1. The van der Waals surface area contributed by atoms with Crippen LogP contribution in [-0.4, -0.2) is 56.4 Å². The molecule has 10 heteroatoms. The summed E-state index contributed by atoms with van der Waals surface area (Å²) in [7, 11) is 0. The Labute approximate surface area is 218 Å². The van der Waals surface area contributed by atoms with Crippen LogP contribution in [0.3, 0.4) is 0 Å². The Morgan fingerprint density at radius 3 is 1.95 bits per heavy atom. The van der Waals surface area contributed by atoms with Gasteiger partial charge in [-0.05, 0) is 28.8 Å². The molecule has 2 N–H and O–H groups in total. The largest absolute Gasteiger partial charge is 0.509 e. The molecule has 1 fully saturated rings. The number of hydrogen-bond donors (Lipinski definition) is 2. The van der Waals surface area contributed by atoms with Gasteiger partial charge in [0.05, 0.1) is 0 Å². The molecule has 194 valence electrons. The molecule has 0 spiro atoms. The Morgan fingerprint density at radius 1 is 0.789 bits per heavy atom. The summed E-state index contributed by atoms with van der Waals surface area (Å²) in [4.78, 5) is 28.6. The van der Waals surface area contributed by atoms with E-state index in [0.29, 0.717) is 31.3 Å². The quantitative estimate of drug-likeness (QED) is 0.231. The fourth-order valence-corrected chi connectivity index (χ4v) is 4.51. The average Bonchev–Trinajstić information content (AvgIpc) is 3.41. The Kier molecular flexibility index (Phi) is 7.05. The fraction of sp³-hybridized carbons (Fsp3) is 0.214. The van der Waals surface area contributed by atoms with Crippen molar-refractivity contribution < 1.29 is 33.8 Å². The van der Waals surface area contributed by atoms with Crippen LogP contribution in [0.25, 0.3) is 34.0 Å². The second kappa shape index (κ2) is 10.7. The fourth-order valence-electron chi connectivity index (χ4n) is 4.51. The van der Waals surface area contributed by atoms with Crippen molar-refractivity contribution in [3.63, 3.8) is 0 Å². The molecule has 1 aliphatic heterocycles. The van der Waals surface area contributed by atoms with Crippen LogP contribution in [0.5, 0.6) is 0 Å². The molecule has 0 bridgehead atoms. The van der Waals surface area contributed by atoms with E-state index in [4.69, 9.17) is 24.2 Å². The molecular weight excluding hydrogens is 490 g/mol. The van der Waals surface area contributed by atoms with Crippen molar-refractivity contribution in [1.82, 2.24) is 15.0 Å². The second-order valence-corrected chi connectivity index (χ2v) is 8.99. The van der Waals surface area contributed by atoms with Gasteiger partial charge in [-0.3, -0.25) is 4.90 Å². The monoisotopic (exact) mass is 515 g/mol. The van der Waals surface area contributed by atoms with Crippen molar-refractivity contribution in [3.8, 4) is 34.0 Å². The number of nitrogens with zero attached hydrogens (tertiary/aromatic N) is 3. The van der Waals surface area contributed by atoms with Crippen molar-refractivity contribution in [2.24, 2.45) is 0 Å². The zero-order valence-electron chi connectivity index (χ0n) is 20.3. The lowest BCUT2D eigenvalue weighted by molar-refractivity contribution is -0.205. The van der Waals surface area contributed by atoms with E-state index in [-0.39, 0.29) is 12.8 Å². The normalized spacial score (nSPS) is 15.1. The van der Waals surface area contributed by atoms with Crippen LogP contribution in [0.4, 0.5) is 9.59 Å². The molecule has 0 unspecified atom stereocenters. The SMILES string of the molecule is O=C(O)OC1(OC(=O)O)CCN(Cc2ccc(-c3noc(-c4ccc(-c5ccccc5)cc4)n3)cc2)CC1. The highest BCUT2D eigenvalue weighted by Gasteiger charge is 2.42. The summed E-state index contributed by atoms with van der Waals surface area (Å²) in [6, 6.07) is 25.8. The number of likely N-dealkylation sites (tertiary alicyclic amines) is 1. The minimum Gasteiger partial charge on any atom is -0.450 e. The van der Waals surface area contributed by atoms with Crippen molar-refractivity contribution in [3.05, 3.63) is 84.4 Å². The number of rotatable bonds is 7. The molecule has 0 radical (unpaired) electrons. The predicted molar refractivity (Wildman–Crippen MR) is 136 cm³/mol. The third-order valence-corrected chi connectivity index (χ3v) is 6.45. The first-order chi connectivity index (χ1) is 18.4. The van der Waals surface area contributed by atoms with E-state index < -0.39 is 18.1 Å². The van der Waals surface area contributed by atoms with Crippen LogP contribution in [0.2, 0.25) is 0 Å². The van der Waals surface area contributed by atoms with Gasteiger partial charge in [0, 0.05) is 43.6 Å². The summed E-state index contributed by atoms with van der Waals surface area (Å²) in [5, 5.41) is 22.1. The highest BCUT2D eigenvalue weighted by atomic mass is 16.8. The van der Waals surface area contributed by atoms with E-state index in [1.54, 1.807) is 0 Å². The van der Waals surface area contributed by atoms with Gasteiger partial charge in [0.1, 0.15) is 0 Å². The maximum absolute atomic E-state index is 11.0. The summed E-state index contributed by atoms with van der Waals surface area (Å²) in [5.41, 5.74) is 4.91. The van der Waals surface area contributed by atoms with E-state index in [1.807, 2.05) is 66.7 Å². The number of aromatic nitrogens is 2. The van der Waals surface area contributed by atoms with Gasteiger partial charge >= 0.3 is 12.3 Å². The van der Waals surface area contributed by atoms with Gasteiger partial charge in [-0.2, -0.15) is 4.98 Å². The Balaban J connectivity index is 1.20. The van der Waals surface area contributed by atoms with Gasteiger partial charge in [0.15, 0.2) is 0 Å². The van der Waals surface area contributed by atoms with Crippen molar-refractivity contribution in [2.45, 2.75) is 25.2 Å². The van der Waals surface area contributed by atoms with Crippen LogP contribution >= 0.6 is 0 Å². The van der Waals surface area contributed by atoms with Crippen LogP contribution in [-0.2, 0) is 16.0 Å². The minimum atomic E-state index is -1.67. The summed E-state index contributed by atoms with van der Waals surface area (Å²) in [6.45, 7) is 1.43. The second-order valence-electron chi connectivity index (χ2n) is 8.99. The molecule has 38 heavy (non-hydrogen) atoms. The van der Waals surface area contributed by atoms with Crippen LogP contribution in [0.15, 0.2) is 83.4 Å². The standard InChI is InChI=1S/C28H25N3O7/c32-26(33)36-28(37-27(34)35)14-16-31(17-15-28)18-19-6-8-22(9-7-19)24-29-25(38-30-24)23-12-10-21(11-13-23)20-4-2-1-3-5-20/h1-13H,14-18H2,(H,32,33)(H,34,35). The van der Waals surface area contributed by atoms with E-state index in [9.17, 15) is 9.59 Å². The van der Waals surface area contributed by atoms with Gasteiger partial charge in [0.25, 0.3) is 11.7 Å². The average molecular weight is 516 g/mol. The van der Waals surface area contributed by atoms with Crippen molar-refractivity contribution in [2.75, 3.05) is 13.1 Å². The van der Waals surface area contributed by atoms with Crippen LogP contribution < -0.4 is 0 Å². The topological polar surface area (TPSA) is 135 Å². The van der Waals surface area contributed by atoms with Gasteiger partial charge < -0.3 is 24.2 Å². The number of benzene rings is 3. The molecule has 0 saturated carbocycles. The maximum atomic E-state index is 11.0. The molecule has 1 saturated heterocycles. The predicted octanol–water partition coefficient (Wildman–Crippen LogP) is 5.75. The molecule has 0 atom stereocenters. The van der Waals surface area contributed by atoms with E-state index in [1.165, 1.54) is 0 Å². The molecule has 4 aromatic rings. The lowest BCUT2D eigenvalue weighted by atomic mass is 10.0. The summed E-state index contributed by atoms with van der Waals surface area (Å²) >= 11 is 0. The number of carboxylic acid groups (broad SMARTS) is 2. The molecule has 5 rings (SSSR count). The molecule has 10 nitrogen and oxygen atoms in total. The number of ether oxygens (including phenoxy) is 2. The highest BCUT2D eigenvalue weighted by Crippen LogP contribution is 2.30. The van der Waals surface area contributed by atoms with Crippen molar-refractivity contribution >= 4 is 12.3 Å². The van der Waals surface area contributed by atoms with Gasteiger partial charge in [-0.25, -0.2) is 9.59 Å². The van der Waals surface area contributed by atoms with Gasteiger partial charge in [-0.1, -0.05) is 71.9 Å². The zero-order valence-corrected chi connectivity index (χ0v) is 20.3. The highest BCUT2D eigenvalue weighted by molar-refractivity contribution is 5.68. The lowest BCUT2D eigenvalue weighted by Gasteiger charge is -2.38. The molecule has 1 aromatic heterocycles. The Morgan fingerprint density at radius 2 is 1.34 bits per heavy atom. The molecule has 0 aliphatic carbocycles. The van der Waals surface area contributed by atoms with E-state index in [2.05, 4.69) is 27.2 Å². The van der Waals surface area contributed by atoms with E-state index in [0.717, 1.165) is 27.8 Å². The molecule has 2 heterocycles. The van der Waals surface area contributed by atoms with Crippen LogP contribution in [0, 0.1) is 0 Å². The lowest BCUT2D eigenvalue weighted by Crippen LogP contribution is -2.49. The number of hydrogen-bond acceptors (Lipinski definition) is 8. The first-order valence-corrected chi connectivity index (χ1v) is 12.0. The van der Waals surface area contributed by atoms with Gasteiger partial charge in [0.2, 0.25) is 5.82 Å². The molecule has 3 aromatic carbocycles. The summed E-state index contributed by atoms with van der Waals surface area (Å²) in [5.74, 6) is -0.748.